The van der Waals surface area contributed by atoms with E-state index in [4.69, 9.17) is 19.9 Å². The molecule has 16 nitrogen and oxygen atoms in total. The van der Waals surface area contributed by atoms with Crippen molar-refractivity contribution in [1.82, 2.24) is 35.1 Å². The minimum absolute atomic E-state index is 0.143. The number of ether oxygens (including phenoxy) is 3. The molecular weight excluding hydrogens is 1090 g/mol. The number of hydrogen-bond donors (Lipinski definition) is 2. The summed E-state index contributed by atoms with van der Waals surface area (Å²) in [4.78, 5) is 84.0. The Morgan fingerprint density at radius 1 is 0.494 bits per heavy atom. The number of nitrogens with one attached hydrogen (secondary N) is 1. The lowest BCUT2D eigenvalue weighted by molar-refractivity contribution is -0.159. The van der Waals surface area contributed by atoms with Crippen LogP contribution in [0.2, 0.25) is 0 Å². The molecule has 2 saturated carbocycles. The molecule has 3 N–H and O–H groups in total. The molecule has 2 heterocycles. The topological polar surface area (TPSA) is 209 Å². The Bertz CT molecular complexity index is 2940. The standard InChI is InChI=1S/C38H54N4O5.C33H46N4O3/c1-8-26-9-13-28(14-10-26)29-17-19-30(20-18-29)32-21-39-35(40-22-32)31-15-11-27(12-16-31)24-42(25-34(44)46-37(2,3)4)33(43)23-41-36(45)47-38(5,6)7;1-5-23-6-10-25(11-7-23)26-14-16-27(17-15-26)29-19-35-32(36-20-29)28-12-8-24(9-13-28)21-37(30(38)18-34)22-31(39)40-33(2,3)4/h11-12,15-16,19,21-22,26,28-29H,8-10,13-14,17-18,20,23-25H2,1-7H3,(H,41,45);8-9,12-13,16,19-20,23,25-26H,5-7,10-11,14-15,17-18,21-22,34H2,1-4H3. The summed E-state index contributed by atoms with van der Waals surface area (Å²) in [5.41, 5.74) is 12.0. The molecule has 0 spiro atoms. The van der Waals surface area contributed by atoms with Gasteiger partial charge >= 0.3 is 18.0 Å². The van der Waals surface area contributed by atoms with Crippen molar-refractivity contribution in [3.05, 3.63) is 108 Å². The summed E-state index contributed by atoms with van der Waals surface area (Å²) in [6.07, 6.45) is 32.8. The zero-order chi connectivity index (χ0) is 62.9. The van der Waals surface area contributed by atoms with Gasteiger partial charge in [-0.3, -0.25) is 19.2 Å². The third kappa shape index (κ3) is 21.8. The van der Waals surface area contributed by atoms with E-state index in [1.54, 1.807) is 62.3 Å². The van der Waals surface area contributed by atoms with Crippen LogP contribution >= 0.6 is 0 Å². The number of benzene rings is 2. The van der Waals surface area contributed by atoms with E-state index >= 15 is 0 Å². The van der Waals surface area contributed by atoms with Crippen LogP contribution in [0, 0.1) is 35.5 Å². The van der Waals surface area contributed by atoms with Gasteiger partial charge in [0, 0.05) is 60.1 Å². The highest BCUT2D eigenvalue weighted by atomic mass is 16.6. The highest BCUT2D eigenvalue weighted by Crippen LogP contribution is 2.43. The van der Waals surface area contributed by atoms with Gasteiger partial charge in [-0.05, 0) is 184 Å². The molecule has 0 bridgehead atoms. The summed E-state index contributed by atoms with van der Waals surface area (Å²) in [6, 6.07) is 15.4. The molecule has 3 amide bonds. The number of allylic oxidation sites excluding steroid dienone is 4. The van der Waals surface area contributed by atoms with Crippen LogP contribution in [0.15, 0.2) is 85.5 Å². The Labute approximate surface area is 518 Å². The lowest BCUT2D eigenvalue weighted by Crippen LogP contribution is -2.44. The van der Waals surface area contributed by atoms with Crippen molar-refractivity contribution in [2.75, 3.05) is 26.2 Å². The number of nitrogens with zero attached hydrogens (tertiary/aromatic N) is 6. The second-order valence-corrected chi connectivity index (χ2v) is 27.6. The van der Waals surface area contributed by atoms with Crippen molar-refractivity contribution in [2.24, 2.45) is 41.2 Å². The first kappa shape index (κ1) is 67.7. The molecule has 8 rings (SSSR count). The molecule has 0 saturated heterocycles. The van der Waals surface area contributed by atoms with Gasteiger partial charge in [0.1, 0.15) is 36.4 Å². The quantitative estimate of drug-likeness (QED) is 0.0662. The van der Waals surface area contributed by atoms with E-state index in [9.17, 15) is 24.0 Å². The fourth-order valence-electron chi connectivity index (χ4n) is 12.7. The highest BCUT2D eigenvalue weighted by molar-refractivity contribution is 5.86. The summed E-state index contributed by atoms with van der Waals surface area (Å²) in [5, 5.41) is 2.48. The van der Waals surface area contributed by atoms with E-state index in [0.29, 0.717) is 11.6 Å². The molecule has 0 radical (unpaired) electrons. The largest absolute Gasteiger partial charge is 0.459 e. The molecule has 2 atom stereocenters. The molecular formula is C71H100N8O8. The van der Waals surface area contributed by atoms with Crippen molar-refractivity contribution in [3.8, 4) is 22.8 Å². The SMILES string of the molecule is CCC1CCC(C2CC=C(c3cnc(-c4ccc(CN(CC(=O)OC(C)(C)C)C(=O)CN)cc4)nc3)CC2)CC1.CCC1CCC(C2CC=C(c3cnc(-c4ccc(CN(CC(=O)OC(C)(C)C)C(=O)CNC(=O)OC(C)(C)C)cc4)nc3)CC2)CC1. The number of aromatic nitrogens is 4. The van der Waals surface area contributed by atoms with E-state index in [-0.39, 0.29) is 45.2 Å². The van der Waals surface area contributed by atoms with Gasteiger partial charge in [0.05, 0.1) is 6.54 Å². The van der Waals surface area contributed by atoms with Crippen LogP contribution in [0.25, 0.3) is 33.9 Å². The minimum Gasteiger partial charge on any atom is -0.459 e. The predicted molar refractivity (Wildman–Crippen MR) is 343 cm³/mol. The molecule has 0 aliphatic heterocycles. The van der Waals surface area contributed by atoms with E-state index in [0.717, 1.165) is 88.2 Å². The molecule has 472 valence electrons. The summed E-state index contributed by atoms with van der Waals surface area (Å²) < 4.78 is 16.1. The summed E-state index contributed by atoms with van der Waals surface area (Å²) >= 11 is 0. The first-order valence-electron chi connectivity index (χ1n) is 32.2. The fourth-order valence-corrected chi connectivity index (χ4v) is 12.7. The van der Waals surface area contributed by atoms with Crippen LogP contribution in [0.4, 0.5) is 4.79 Å². The number of rotatable bonds is 19. The zero-order valence-electron chi connectivity index (χ0n) is 54.1. The second kappa shape index (κ2) is 31.4. The monoisotopic (exact) mass is 1190 g/mol. The van der Waals surface area contributed by atoms with Gasteiger partial charge in [0.15, 0.2) is 11.6 Å². The van der Waals surface area contributed by atoms with Crippen LogP contribution < -0.4 is 11.1 Å². The number of hydrogen-bond acceptors (Lipinski definition) is 13. The number of nitrogens with two attached hydrogens (primary N) is 1. The van der Waals surface area contributed by atoms with Crippen molar-refractivity contribution < 1.29 is 38.2 Å². The van der Waals surface area contributed by atoms with Gasteiger partial charge in [-0.15, -0.1) is 0 Å². The number of carbonyl (C=O) groups is 5. The molecule has 2 aromatic heterocycles. The molecule has 87 heavy (non-hydrogen) atoms. The first-order valence-corrected chi connectivity index (χ1v) is 32.2. The maximum atomic E-state index is 13.1. The van der Waals surface area contributed by atoms with Gasteiger partial charge in [0.2, 0.25) is 11.8 Å². The average molecular weight is 1190 g/mol. The van der Waals surface area contributed by atoms with E-state index in [1.165, 1.54) is 104 Å². The van der Waals surface area contributed by atoms with Crippen molar-refractivity contribution >= 4 is 41.0 Å². The van der Waals surface area contributed by atoms with Gasteiger partial charge < -0.3 is 35.1 Å². The van der Waals surface area contributed by atoms with Crippen molar-refractivity contribution in [3.63, 3.8) is 0 Å². The minimum atomic E-state index is -0.702. The van der Waals surface area contributed by atoms with Crippen LogP contribution in [0.5, 0.6) is 0 Å². The van der Waals surface area contributed by atoms with E-state index in [2.05, 4.69) is 51.3 Å². The lowest BCUT2D eigenvalue weighted by atomic mass is 9.71. The highest BCUT2D eigenvalue weighted by Gasteiger charge is 2.31. The van der Waals surface area contributed by atoms with Crippen molar-refractivity contribution in [1.29, 1.82) is 0 Å². The Hall–Kier alpha value is -6.81. The van der Waals surface area contributed by atoms with Crippen LogP contribution in [0.3, 0.4) is 0 Å². The average Bonchev–Trinajstić information content (AvgIpc) is 3.62. The van der Waals surface area contributed by atoms with Gasteiger partial charge in [-0.25, -0.2) is 24.7 Å². The maximum absolute atomic E-state index is 13.1. The van der Waals surface area contributed by atoms with Gasteiger partial charge in [-0.2, -0.15) is 0 Å². The number of esters is 2. The molecule has 4 aliphatic rings. The third-order valence-electron chi connectivity index (χ3n) is 17.5. The number of amides is 3. The van der Waals surface area contributed by atoms with Gasteiger partial charge in [0.25, 0.3) is 0 Å². The predicted octanol–water partition coefficient (Wildman–Crippen LogP) is 13.9. The zero-order valence-corrected chi connectivity index (χ0v) is 54.1. The first-order chi connectivity index (χ1) is 41.3. The Morgan fingerprint density at radius 3 is 1.18 bits per heavy atom. The summed E-state index contributed by atoms with van der Waals surface area (Å²) in [7, 11) is 0. The summed E-state index contributed by atoms with van der Waals surface area (Å²) in [5.74, 6) is 4.90. The van der Waals surface area contributed by atoms with Crippen LogP contribution in [-0.2, 0) is 46.5 Å². The Balaban J connectivity index is 0.000000252. The Kier molecular flexibility index (Phi) is 24.4. The number of carbonyl (C=O) groups excluding carboxylic acids is 5. The van der Waals surface area contributed by atoms with Gasteiger partial charge in [-0.1, -0.05) is 113 Å². The maximum Gasteiger partial charge on any atom is 0.408 e. The lowest BCUT2D eigenvalue weighted by Gasteiger charge is -2.35. The Morgan fingerprint density at radius 2 is 0.862 bits per heavy atom. The molecule has 2 fully saturated rings. The van der Waals surface area contributed by atoms with Crippen LogP contribution in [-0.4, -0.2) is 103 Å². The molecule has 2 unspecified atom stereocenters. The molecule has 2 aromatic carbocycles. The van der Waals surface area contributed by atoms with E-state index < -0.39 is 40.7 Å². The fraction of sp³-hybridized carbons (Fsp3) is 0.592. The normalized spacial score (nSPS) is 20.7. The van der Waals surface area contributed by atoms with E-state index in [1.807, 2.05) is 73.3 Å². The molecule has 4 aromatic rings. The smallest absolute Gasteiger partial charge is 0.408 e. The third-order valence-corrected chi connectivity index (χ3v) is 17.5. The van der Waals surface area contributed by atoms with Crippen LogP contribution in [0.1, 0.15) is 201 Å². The van der Waals surface area contributed by atoms with Crippen molar-refractivity contribution in [2.45, 2.75) is 209 Å². The molecule has 4 aliphatic carbocycles. The second-order valence-electron chi connectivity index (χ2n) is 27.6. The number of alkyl carbamates (subject to hydrolysis) is 1. The molecule has 16 heteroatoms. The summed E-state index contributed by atoms with van der Waals surface area (Å²) in [6.45, 7) is 20.2.